The fraction of sp³-hybridized carbons (Fsp3) is 0.304. The first-order valence-corrected chi connectivity index (χ1v) is 9.47. The van der Waals surface area contributed by atoms with Gasteiger partial charge in [0.2, 0.25) is 0 Å². The maximum Gasteiger partial charge on any atom is 0.134 e. The summed E-state index contributed by atoms with van der Waals surface area (Å²) in [5.74, 6) is 2.44. The smallest absolute Gasteiger partial charge is 0.134 e. The van der Waals surface area contributed by atoms with E-state index in [-0.39, 0.29) is 0 Å². The monoisotopic (exact) mass is 346 g/mol. The van der Waals surface area contributed by atoms with E-state index in [0.29, 0.717) is 5.92 Å². The van der Waals surface area contributed by atoms with E-state index in [4.69, 9.17) is 4.42 Å². The van der Waals surface area contributed by atoms with Crippen LogP contribution in [0.25, 0.3) is 11.3 Å². The third-order valence-corrected chi connectivity index (χ3v) is 5.20. The second-order valence-electron chi connectivity index (χ2n) is 7.09. The first kappa shape index (κ1) is 16.9. The summed E-state index contributed by atoms with van der Waals surface area (Å²) >= 11 is 0. The summed E-state index contributed by atoms with van der Waals surface area (Å²) in [6, 6.07) is 25.3. The highest BCUT2D eigenvalue weighted by molar-refractivity contribution is 5.57. The average molecular weight is 346 g/mol. The van der Waals surface area contributed by atoms with E-state index in [1.807, 2.05) is 18.2 Å². The van der Waals surface area contributed by atoms with Gasteiger partial charge in [0.25, 0.3) is 0 Å². The maximum absolute atomic E-state index is 6.13. The largest absolute Gasteiger partial charge is 0.461 e. The number of furan rings is 1. The minimum Gasteiger partial charge on any atom is -0.461 e. The van der Waals surface area contributed by atoms with Gasteiger partial charge in [-0.2, -0.15) is 0 Å². The Morgan fingerprint density at radius 1 is 0.808 bits per heavy atom. The second-order valence-corrected chi connectivity index (χ2v) is 7.09. The van der Waals surface area contributed by atoms with Gasteiger partial charge in [0, 0.05) is 49.9 Å². The second kappa shape index (κ2) is 7.79. The topological polar surface area (TPSA) is 19.6 Å². The van der Waals surface area contributed by atoms with Gasteiger partial charge in [-0.15, -0.1) is 0 Å². The molecule has 3 aromatic rings. The zero-order chi connectivity index (χ0) is 17.8. The molecule has 2 heterocycles. The van der Waals surface area contributed by atoms with Crippen LogP contribution in [0.1, 0.15) is 18.6 Å². The Kier molecular flexibility index (Phi) is 5.07. The van der Waals surface area contributed by atoms with Crippen molar-refractivity contribution in [2.75, 3.05) is 37.6 Å². The molecule has 1 aromatic heterocycles. The molecule has 2 aromatic carbocycles. The molecule has 1 aliphatic rings. The minimum absolute atomic E-state index is 0.399. The SMILES string of the molecule is CC(CN1CCN(c2ccccc2)CC1)c1ccc(-c2ccccc2)o1. The standard InChI is InChI=1S/C23H26N2O/c1-19(22-12-13-23(26-22)20-8-4-2-5-9-20)18-24-14-16-25(17-15-24)21-10-6-3-7-11-21/h2-13,19H,14-18H2,1H3. The molecule has 4 rings (SSSR count). The number of hydrogen-bond donors (Lipinski definition) is 0. The third-order valence-electron chi connectivity index (χ3n) is 5.20. The van der Waals surface area contributed by atoms with E-state index in [1.54, 1.807) is 0 Å². The summed E-state index contributed by atoms with van der Waals surface area (Å²) in [5, 5.41) is 0. The van der Waals surface area contributed by atoms with Crippen molar-refractivity contribution in [2.24, 2.45) is 0 Å². The molecule has 0 bridgehead atoms. The Labute approximate surface area is 155 Å². The Morgan fingerprint density at radius 3 is 2.15 bits per heavy atom. The Bertz CT molecular complexity index is 804. The zero-order valence-electron chi connectivity index (χ0n) is 15.3. The molecular weight excluding hydrogens is 320 g/mol. The van der Waals surface area contributed by atoms with E-state index in [1.165, 1.54) is 5.69 Å². The van der Waals surface area contributed by atoms with Crippen LogP contribution >= 0.6 is 0 Å². The summed E-state index contributed by atoms with van der Waals surface area (Å²) < 4.78 is 6.13. The molecular formula is C23H26N2O. The molecule has 1 atom stereocenters. The van der Waals surface area contributed by atoms with Gasteiger partial charge in [0.1, 0.15) is 11.5 Å². The maximum atomic E-state index is 6.13. The van der Waals surface area contributed by atoms with Gasteiger partial charge in [-0.05, 0) is 24.3 Å². The van der Waals surface area contributed by atoms with Crippen LogP contribution < -0.4 is 4.90 Å². The first-order valence-electron chi connectivity index (χ1n) is 9.47. The van der Waals surface area contributed by atoms with Crippen molar-refractivity contribution in [1.29, 1.82) is 0 Å². The molecule has 0 amide bonds. The predicted molar refractivity (Wildman–Crippen MR) is 108 cm³/mol. The first-order chi connectivity index (χ1) is 12.8. The van der Waals surface area contributed by atoms with E-state index in [2.05, 4.69) is 71.3 Å². The fourth-order valence-corrected chi connectivity index (χ4v) is 3.68. The van der Waals surface area contributed by atoms with Gasteiger partial charge >= 0.3 is 0 Å². The molecule has 0 aliphatic carbocycles. The van der Waals surface area contributed by atoms with Crippen LogP contribution in [0.5, 0.6) is 0 Å². The van der Waals surface area contributed by atoms with Gasteiger partial charge in [0.05, 0.1) is 0 Å². The van der Waals surface area contributed by atoms with Crippen molar-refractivity contribution in [3.63, 3.8) is 0 Å². The fourth-order valence-electron chi connectivity index (χ4n) is 3.68. The highest BCUT2D eigenvalue weighted by Gasteiger charge is 2.20. The van der Waals surface area contributed by atoms with Crippen molar-refractivity contribution >= 4 is 5.69 Å². The highest BCUT2D eigenvalue weighted by Crippen LogP contribution is 2.27. The van der Waals surface area contributed by atoms with Crippen molar-refractivity contribution in [3.8, 4) is 11.3 Å². The lowest BCUT2D eigenvalue weighted by Crippen LogP contribution is -2.47. The minimum atomic E-state index is 0.399. The van der Waals surface area contributed by atoms with Gasteiger partial charge in [0.15, 0.2) is 0 Å². The molecule has 1 unspecified atom stereocenters. The Hall–Kier alpha value is -2.52. The molecule has 1 fully saturated rings. The number of nitrogens with zero attached hydrogens (tertiary/aromatic N) is 2. The number of piperazine rings is 1. The van der Waals surface area contributed by atoms with E-state index in [9.17, 15) is 0 Å². The molecule has 1 aliphatic heterocycles. The van der Waals surface area contributed by atoms with Crippen LogP contribution in [-0.2, 0) is 0 Å². The quantitative estimate of drug-likeness (QED) is 0.657. The number of rotatable bonds is 5. The zero-order valence-corrected chi connectivity index (χ0v) is 15.3. The lowest BCUT2D eigenvalue weighted by atomic mass is 10.1. The summed E-state index contributed by atoms with van der Waals surface area (Å²) in [6.07, 6.45) is 0. The molecule has 1 saturated heterocycles. The van der Waals surface area contributed by atoms with Gasteiger partial charge in [-0.25, -0.2) is 0 Å². The van der Waals surface area contributed by atoms with Crippen LogP contribution in [-0.4, -0.2) is 37.6 Å². The van der Waals surface area contributed by atoms with Crippen LogP contribution in [0.15, 0.2) is 77.2 Å². The van der Waals surface area contributed by atoms with Crippen molar-refractivity contribution in [3.05, 3.63) is 78.6 Å². The molecule has 0 radical (unpaired) electrons. The summed E-state index contributed by atoms with van der Waals surface area (Å²) in [6.45, 7) is 7.69. The summed E-state index contributed by atoms with van der Waals surface area (Å²) in [7, 11) is 0. The molecule has 3 nitrogen and oxygen atoms in total. The van der Waals surface area contributed by atoms with Gasteiger partial charge < -0.3 is 9.32 Å². The number of anilines is 1. The molecule has 0 saturated carbocycles. The molecule has 134 valence electrons. The van der Waals surface area contributed by atoms with E-state index < -0.39 is 0 Å². The third kappa shape index (κ3) is 3.83. The number of benzene rings is 2. The van der Waals surface area contributed by atoms with Crippen LogP contribution in [0.4, 0.5) is 5.69 Å². The van der Waals surface area contributed by atoms with Crippen molar-refractivity contribution < 1.29 is 4.42 Å². The molecule has 26 heavy (non-hydrogen) atoms. The number of hydrogen-bond acceptors (Lipinski definition) is 3. The molecule has 0 spiro atoms. The number of para-hydroxylation sites is 1. The van der Waals surface area contributed by atoms with Crippen LogP contribution in [0, 0.1) is 0 Å². The predicted octanol–water partition coefficient (Wildman–Crippen LogP) is 4.87. The Morgan fingerprint density at radius 2 is 1.46 bits per heavy atom. The Balaban J connectivity index is 1.33. The normalized spacial score (nSPS) is 16.6. The van der Waals surface area contributed by atoms with Crippen LogP contribution in [0.2, 0.25) is 0 Å². The van der Waals surface area contributed by atoms with E-state index in [0.717, 1.165) is 49.8 Å². The summed E-state index contributed by atoms with van der Waals surface area (Å²) in [4.78, 5) is 5.02. The van der Waals surface area contributed by atoms with Gasteiger partial charge in [-0.1, -0.05) is 55.5 Å². The van der Waals surface area contributed by atoms with Crippen molar-refractivity contribution in [2.45, 2.75) is 12.8 Å². The lowest BCUT2D eigenvalue weighted by Gasteiger charge is -2.37. The highest BCUT2D eigenvalue weighted by atomic mass is 16.3. The summed E-state index contributed by atoms with van der Waals surface area (Å²) in [5.41, 5.74) is 2.47. The van der Waals surface area contributed by atoms with E-state index >= 15 is 0 Å². The van der Waals surface area contributed by atoms with Crippen molar-refractivity contribution in [1.82, 2.24) is 4.90 Å². The van der Waals surface area contributed by atoms with Crippen LogP contribution in [0.3, 0.4) is 0 Å². The molecule has 0 N–H and O–H groups in total. The average Bonchev–Trinajstić information content (AvgIpc) is 3.20. The van der Waals surface area contributed by atoms with Gasteiger partial charge in [-0.3, -0.25) is 4.90 Å². The lowest BCUT2D eigenvalue weighted by molar-refractivity contribution is 0.238. The molecule has 3 heteroatoms.